The fraction of sp³-hybridized carbons (Fsp3) is 0.130. The molecule has 0 saturated carbocycles. The van der Waals surface area contributed by atoms with Gasteiger partial charge in [-0.15, -0.1) is 0 Å². The van der Waals surface area contributed by atoms with Crippen LogP contribution in [0.15, 0.2) is 72.8 Å². The van der Waals surface area contributed by atoms with E-state index in [1.54, 1.807) is 0 Å². The normalized spacial score (nSPS) is 13.9. The quantitative estimate of drug-likeness (QED) is 0.477. The standard InChI is InChI=1S/C23H17FO3/c1-14(25)21(23(26)15-10-12-16(24)13-11-15)22-17-6-2-4-8-19(17)27-20-9-5-3-7-18(20)22/h2-13,21-22H,1H3. The molecule has 0 aliphatic carbocycles. The Bertz CT molecular complexity index is 978. The second-order valence-corrected chi connectivity index (χ2v) is 6.61. The summed E-state index contributed by atoms with van der Waals surface area (Å²) in [5, 5.41) is 0. The van der Waals surface area contributed by atoms with Gasteiger partial charge in [0.25, 0.3) is 0 Å². The number of Topliss-reactive ketones (excluding diaryl/α,β-unsaturated/α-hetero) is 2. The number of carbonyl (C=O) groups is 2. The molecule has 4 heteroatoms. The Balaban J connectivity index is 1.87. The topological polar surface area (TPSA) is 43.4 Å². The number of benzene rings is 3. The third kappa shape index (κ3) is 3.04. The average Bonchev–Trinajstić information content (AvgIpc) is 2.68. The van der Waals surface area contributed by atoms with Crippen LogP contribution in [0.2, 0.25) is 0 Å². The SMILES string of the molecule is CC(=O)C(C(=O)c1ccc(F)cc1)C1c2ccccc2Oc2ccccc21. The summed E-state index contributed by atoms with van der Waals surface area (Å²) < 4.78 is 19.2. The third-order valence-corrected chi connectivity index (χ3v) is 4.91. The Kier molecular flexibility index (Phi) is 4.32. The first kappa shape index (κ1) is 17.2. The van der Waals surface area contributed by atoms with Gasteiger partial charge in [-0.1, -0.05) is 36.4 Å². The molecule has 1 unspecified atom stereocenters. The van der Waals surface area contributed by atoms with Crippen molar-refractivity contribution in [3.05, 3.63) is 95.3 Å². The van der Waals surface area contributed by atoms with Crippen molar-refractivity contribution in [2.45, 2.75) is 12.8 Å². The van der Waals surface area contributed by atoms with Crippen LogP contribution in [0.4, 0.5) is 4.39 Å². The minimum absolute atomic E-state index is 0.235. The number of fused-ring (bicyclic) bond motifs is 2. The predicted octanol–water partition coefficient (Wildman–Crippen LogP) is 5.15. The molecule has 0 amide bonds. The summed E-state index contributed by atoms with van der Waals surface area (Å²) in [6.45, 7) is 1.42. The van der Waals surface area contributed by atoms with Gasteiger partial charge in [0.2, 0.25) is 0 Å². The highest BCUT2D eigenvalue weighted by molar-refractivity contribution is 6.11. The predicted molar refractivity (Wildman–Crippen MR) is 99.7 cm³/mol. The monoisotopic (exact) mass is 360 g/mol. The lowest BCUT2D eigenvalue weighted by Gasteiger charge is -2.32. The van der Waals surface area contributed by atoms with Gasteiger partial charge in [-0.2, -0.15) is 0 Å². The highest BCUT2D eigenvalue weighted by Gasteiger charge is 2.39. The molecular weight excluding hydrogens is 343 g/mol. The zero-order valence-electron chi connectivity index (χ0n) is 14.7. The van der Waals surface area contributed by atoms with Gasteiger partial charge in [0, 0.05) is 22.6 Å². The lowest BCUT2D eigenvalue weighted by molar-refractivity contribution is -0.119. The van der Waals surface area contributed by atoms with Gasteiger partial charge in [0.15, 0.2) is 5.78 Å². The molecule has 1 heterocycles. The molecular formula is C23H17FO3. The average molecular weight is 360 g/mol. The molecule has 0 aromatic heterocycles. The van der Waals surface area contributed by atoms with Gasteiger partial charge >= 0.3 is 0 Å². The van der Waals surface area contributed by atoms with E-state index in [1.165, 1.54) is 31.2 Å². The molecule has 1 aliphatic heterocycles. The Morgan fingerprint density at radius 3 is 1.89 bits per heavy atom. The van der Waals surface area contributed by atoms with Crippen LogP contribution in [-0.2, 0) is 4.79 Å². The molecule has 3 aromatic carbocycles. The third-order valence-electron chi connectivity index (χ3n) is 4.91. The first-order chi connectivity index (χ1) is 13.1. The maximum absolute atomic E-state index is 13.3. The van der Waals surface area contributed by atoms with Gasteiger partial charge in [-0.05, 0) is 43.3 Å². The molecule has 0 radical (unpaired) electrons. The van der Waals surface area contributed by atoms with Crippen molar-refractivity contribution in [2.24, 2.45) is 5.92 Å². The highest BCUT2D eigenvalue weighted by Crippen LogP contribution is 2.48. The lowest BCUT2D eigenvalue weighted by Crippen LogP contribution is -2.31. The van der Waals surface area contributed by atoms with E-state index in [-0.39, 0.29) is 11.6 Å². The first-order valence-electron chi connectivity index (χ1n) is 8.72. The van der Waals surface area contributed by atoms with Crippen LogP contribution in [0.1, 0.15) is 34.3 Å². The fourth-order valence-electron chi connectivity index (χ4n) is 3.67. The smallest absolute Gasteiger partial charge is 0.174 e. The number of ketones is 2. The molecule has 1 aliphatic rings. The van der Waals surface area contributed by atoms with E-state index in [0.717, 1.165) is 11.1 Å². The van der Waals surface area contributed by atoms with E-state index in [0.29, 0.717) is 17.1 Å². The summed E-state index contributed by atoms with van der Waals surface area (Å²) in [6, 6.07) is 20.2. The number of para-hydroxylation sites is 2. The number of ether oxygens (including phenoxy) is 1. The molecule has 3 aromatic rings. The van der Waals surface area contributed by atoms with Crippen molar-refractivity contribution in [1.82, 2.24) is 0 Å². The number of hydrogen-bond acceptors (Lipinski definition) is 3. The lowest BCUT2D eigenvalue weighted by atomic mass is 9.74. The second kappa shape index (κ2) is 6.80. The summed E-state index contributed by atoms with van der Waals surface area (Å²) in [5.74, 6) is -1.07. The number of rotatable bonds is 4. The fourth-order valence-corrected chi connectivity index (χ4v) is 3.67. The highest BCUT2D eigenvalue weighted by atomic mass is 19.1. The molecule has 27 heavy (non-hydrogen) atoms. The molecule has 0 spiro atoms. The van der Waals surface area contributed by atoms with Crippen LogP contribution in [0.25, 0.3) is 0 Å². The van der Waals surface area contributed by atoms with Crippen molar-refractivity contribution < 1.29 is 18.7 Å². The van der Waals surface area contributed by atoms with Crippen molar-refractivity contribution in [3.63, 3.8) is 0 Å². The summed E-state index contributed by atoms with van der Waals surface area (Å²) in [5.41, 5.74) is 1.91. The molecule has 0 fully saturated rings. The minimum atomic E-state index is -0.915. The summed E-state index contributed by atoms with van der Waals surface area (Å²) in [6.07, 6.45) is 0. The van der Waals surface area contributed by atoms with E-state index in [1.807, 2.05) is 48.5 Å². The summed E-state index contributed by atoms with van der Waals surface area (Å²) in [4.78, 5) is 25.8. The van der Waals surface area contributed by atoms with Gasteiger partial charge in [-0.3, -0.25) is 9.59 Å². The van der Waals surface area contributed by atoms with Crippen LogP contribution in [0, 0.1) is 11.7 Å². The molecule has 3 nitrogen and oxygen atoms in total. The zero-order valence-corrected chi connectivity index (χ0v) is 14.7. The molecule has 0 bridgehead atoms. The van der Waals surface area contributed by atoms with E-state index >= 15 is 0 Å². The van der Waals surface area contributed by atoms with Gasteiger partial charge in [0.1, 0.15) is 23.1 Å². The maximum Gasteiger partial charge on any atom is 0.174 e. The van der Waals surface area contributed by atoms with Gasteiger partial charge < -0.3 is 4.74 Å². The molecule has 1 atom stereocenters. The Morgan fingerprint density at radius 1 is 0.852 bits per heavy atom. The van der Waals surface area contributed by atoms with Crippen molar-refractivity contribution in [2.75, 3.05) is 0 Å². The van der Waals surface area contributed by atoms with E-state index in [4.69, 9.17) is 4.74 Å². The van der Waals surface area contributed by atoms with Crippen LogP contribution < -0.4 is 4.74 Å². The number of halogens is 1. The van der Waals surface area contributed by atoms with Gasteiger partial charge in [-0.25, -0.2) is 4.39 Å². The van der Waals surface area contributed by atoms with Crippen LogP contribution in [0.5, 0.6) is 11.5 Å². The Labute approximate surface area is 156 Å². The van der Waals surface area contributed by atoms with Crippen molar-refractivity contribution in [1.29, 1.82) is 0 Å². The maximum atomic E-state index is 13.3. The Morgan fingerprint density at radius 2 is 1.37 bits per heavy atom. The summed E-state index contributed by atoms with van der Waals surface area (Å²) >= 11 is 0. The molecule has 134 valence electrons. The Hall–Kier alpha value is -3.27. The van der Waals surface area contributed by atoms with E-state index in [2.05, 4.69) is 0 Å². The van der Waals surface area contributed by atoms with Crippen LogP contribution >= 0.6 is 0 Å². The molecule has 0 saturated heterocycles. The molecule has 0 N–H and O–H groups in total. The second-order valence-electron chi connectivity index (χ2n) is 6.61. The van der Waals surface area contributed by atoms with E-state index in [9.17, 15) is 14.0 Å². The molecule has 4 rings (SSSR count). The zero-order chi connectivity index (χ0) is 19.0. The van der Waals surface area contributed by atoms with E-state index < -0.39 is 17.7 Å². The first-order valence-corrected chi connectivity index (χ1v) is 8.72. The van der Waals surface area contributed by atoms with Crippen LogP contribution in [0.3, 0.4) is 0 Å². The minimum Gasteiger partial charge on any atom is -0.457 e. The number of carbonyl (C=O) groups excluding carboxylic acids is 2. The van der Waals surface area contributed by atoms with Crippen molar-refractivity contribution in [3.8, 4) is 11.5 Å². The summed E-state index contributed by atoms with van der Waals surface area (Å²) in [7, 11) is 0. The van der Waals surface area contributed by atoms with Crippen LogP contribution in [-0.4, -0.2) is 11.6 Å². The van der Waals surface area contributed by atoms with Crippen molar-refractivity contribution >= 4 is 11.6 Å². The largest absolute Gasteiger partial charge is 0.457 e. The number of hydrogen-bond donors (Lipinski definition) is 0. The van der Waals surface area contributed by atoms with Gasteiger partial charge in [0.05, 0.1) is 5.92 Å².